The molecule has 1 fully saturated rings. The maximum atomic E-state index is 13.1. The van der Waals surface area contributed by atoms with E-state index in [1.807, 2.05) is 0 Å². The van der Waals surface area contributed by atoms with Crippen LogP contribution in [0.15, 0.2) is 47.6 Å². The zero-order chi connectivity index (χ0) is 25.4. The zero-order valence-electron chi connectivity index (χ0n) is 18.6. The van der Waals surface area contributed by atoms with E-state index in [9.17, 15) is 27.6 Å². The summed E-state index contributed by atoms with van der Waals surface area (Å²) in [6.45, 7) is 1.43. The molecule has 0 atom stereocenters. The molecule has 0 aliphatic heterocycles. The number of nitrogens with zero attached hydrogens (tertiary/aromatic N) is 1. The number of hydrazone groups is 1. The van der Waals surface area contributed by atoms with E-state index in [1.54, 1.807) is 13.0 Å². The number of para-hydroxylation sites is 1. The van der Waals surface area contributed by atoms with E-state index >= 15 is 0 Å². The fraction of sp³-hybridized carbons (Fsp3) is 0.304. The quantitative estimate of drug-likeness (QED) is 0.283. The summed E-state index contributed by atoms with van der Waals surface area (Å²) in [5, 5.41) is 8.46. The Bertz CT molecular complexity index is 1120. The van der Waals surface area contributed by atoms with Gasteiger partial charge in [-0.15, -0.1) is 0 Å². The summed E-state index contributed by atoms with van der Waals surface area (Å²) in [4.78, 5) is 35.5. The summed E-state index contributed by atoms with van der Waals surface area (Å²) >= 11 is 0. The Labute approximate surface area is 198 Å². The van der Waals surface area contributed by atoms with Gasteiger partial charge in [-0.05, 0) is 55.7 Å². The number of halogens is 3. The summed E-state index contributed by atoms with van der Waals surface area (Å²) < 4.78 is 50.2. The fourth-order valence-corrected chi connectivity index (χ4v) is 2.86. The highest BCUT2D eigenvalue weighted by Gasteiger charge is 2.33. The van der Waals surface area contributed by atoms with Gasteiger partial charge in [0.2, 0.25) is 0 Å². The maximum absolute atomic E-state index is 13.1. The Balaban J connectivity index is 1.59. The largest absolute Gasteiger partial charge is 0.490 e. The summed E-state index contributed by atoms with van der Waals surface area (Å²) in [6, 6.07) is 9.21. The molecule has 35 heavy (non-hydrogen) atoms. The van der Waals surface area contributed by atoms with Crippen LogP contribution in [0, 0.1) is 0 Å². The van der Waals surface area contributed by atoms with Crippen molar-refractivity contribution >= 4 is 29.6 Å². The van der Waals surface area contributed by atoms with E-state index in [2.05, 4.69) is 21.2 Å². The first kappa shape index (κ1) is 25.5. The van der Waals surface area contributed by atoms with Crippen molar-refractivity contribution in [3.8, 4) is 11.5 Å². The molecule has 186 valence electrons. The molecule has 2 aromatic rings. The van der Waals surface area contributed by atoms with Crippen LogP contribution >= 0.6 is 0 Å². The van der Waals surface area contributed by atoms with E-state index in [-0.39, 0.29) is 29.8 Å². The minimum atomic E-state index is -4.62. The highest BCUT2D eigenvalue weighted by molar-refractivity contribution is 6.35. The average molecular weight is 492 g/mol. The number of ether oxygens (including phenoxy) is 2. The first-order valence-corrected chi connectivity index (χ1v) is 10.7. The van der Waals surface area contributed by atoms with Crippen LogP contribution in [0.4, 0.5) is 18.9 Å². The number of alkyl halides is 3. The van der Waals surface area contributed by atoms with Gasteiger partial charge in [0.15, 0.2) is 18.1 Å². The number of carbonyl (C=O) groups is 3. The molecule has 0 aromatic heterocycles. The summed E-state index contributed by atoms with van der Waals surface area (Å²) in [7, 11) is 0. The molecule has 0 unspecified atom stereocenters. The number of amides is 3. The first-order valence-electron chi connectivity index (χ1n) is 10.7. The van der Waals surface area contributed by atoms with Crippen LogP contribution in [0.2, 0.25) is 0 Å². The molecule has 1 aliphatic rings. The number of anilines is 1. The lowest BCUT2D eigenvalue weighted by atomic mass is 10.1. The molecule has 3 N–H and O–H groups in total. The lowest BCUT2D eigenvalue weighted by molar-refractivity contribution is -0.139. The number of nitrogens with one attached hydrogen (secondary N) is 3. The lowest BCUT2D eigenvalue weighted by Crippen LogP contribution is -2.38. The number of carbonyl (C=O) groups excluding carboxylic acids is 3. The smallest absolute Gasteiger partial charge is 0.418 e. The molecule has 2 aromatic carbocycles. The average Bonchev–Trinajstić information content (AvgIpc) is 3.62. The zero-order valence-corrected chi connectivity index (χ0v) is 18.6. The Kier molecular flexibility index (Phi) is 8.29. The van der Waals surface area contributed by atoms with Gasteiger partial charge >= 0.3 is 18.0 Å². The second-order valence-electron chi connectivity index (χ2n) is 7.47. The van der Waals surface area contributed by atoms with E-state index < -0.39 is 36.1 Å². The Morgan fingerprint density at radius 1 is 1.06 bits per heavy atom. The van der Waals surface area contributed by atoms with Gasteiger partial charge in [-0.1, -0.05) is 12.1 Å². The van der Waals surface area contributed by atoms with Crippen molar-refractivity contribution in [2.45, 2.75) is 32.0 Å². The van der Waals surface area contributed by atoms with Gasteiger partial charge in [-0.3, -0.25) is 14.4 Å². The number of hydrogen-bond acceptors (Lipinski definition) is 6. The second-order valence-corrected chi connectivity index (χ2v) is 7.47. The van der Waals surface area contributed by atoms with Crippen molar-refractivity contribution in [3.63, 3.8) is 0 Å². The molecular weight excluding hydrogens is 469 g/mol. The van der Waals surface area contributed by atoms with Crippen LogP contribution in [-0.4, -0.2) is 43.2 Å². The molecule has 1 saturated carbocycles. The summed E-state index contributed by atoms with van der Waals surface area (Å²) in [5.74, 6) is -2.02. The van der Waals surface area contributed by atoms with Gasteiger partial charge < -0.3 is 20.1 Å². The minimum absolute atomic E-state index is 0.0417. The lowest BCUT2D eigenvalue weighted by Gasteiger charge is -2.15. The SMILES string of the molecule is CCOc1cc(/C=N\NC(=O)C(=O)NC2CC2)ccc1OCC(=O)Nc1ccccc1C(F)(F)F. The molecular formula is C23H23F3N4O5. The van der Waals surface area contributed by atoms with Gasteiger partial charge in [-0.25, -0.2) is 5.43 Å². The van der Waals surface area contributed by atoms with Crippen LogP contribution in [0.5, 0.6) is 11.5 Å². The Hall–Kier alpha value is -4.09. The van der Waals surface area contributed by atoms with Crippen molar-refractivity contribution < 1.29 is 37.0 Å². The standard InChI is InChI=1S/C23H23F3N4O5/c1-2-34-19-11-14(12-27-30-22(33)21(32)28-15-8-9-15)7-10-18(19)35-13-20(31)29-17-6-4-3-5-16(17)23(24,25)26/h3-7,10-12,15H,2,8-9,13H2,1H3,(H,28,32)(H,29,31)(H,30,33)/b27-12-. The van der Waals surface area contributed by atoms with Crippen LogP contribution in [-0.2, 0) is 20.6 Å². The Morgan fingerprint density at radius 3 is 2.49 bits per heavy atom. The summed E-state index contributed by atoms with van der Waals surface area (Å²) in [6.07, 6.45) is -1.64. The van der Waals surface area contributed by atoms with Gasteiger partial charge in [0.05, 0.1) is 24.1 Å². The number of hydrogen-bond donors (Lipinski definition) is 3. The normalized spacial score (nSPS) is 13.3. The van der Waals surface area contributed by atoms with Gasteiger partial charge in [-0.2, -0.15) is 18.3 Å². The number of benzene rings is 2. The van der Waals surface area contributed by atoms with Crippen molar-refractivity contribution in [2.75, 3.05) is 18.5 Å². The molecule has 0 heterocycles. The monoisotopic (exact) mass is 492 g/mol. The number of rotatable bonds is 9. The molecule has 12 heteroatoms. The van der Waals surface area contributed by atoms with Gasteiger partial charge in [0.25, 0.3) is 5.91 Å². The Morgan fingerprint density at radius 2 is 1.80 bits per heavy atom. The predicted molar refractivity (Wildman–Crippen MR) is 120 cm³/mol. The molecule has 1 aliphatic carbocycles. The van der Waals surface area contributed by atoms with E-state index in [4.69, 9.17) is 9.47 Å². The minimum Gasteiger partial charge on any atom is -0.490 e. The van der Waals surface area contributed by atoms with Crippen LogP contribution in [0.3, 0.4) is 0 Å². The van der Waals surface area contributed by atoms with E-state index in [1.165, 1.54) is 30.5 Å². The third kappa shape index (κ3) is 7.73. The highest BCUT2D eigenvalue weighted by Crippen LogP contribution is 2.34. The summed E-state index contributed by atoms with van der Waals surface area (Å²) in [5.41, 5.74) is 1.27. The van der Waals surface area contributed by atoms with E-state index in [0.717, 1.165) is 25.0 Å². The van der Waals surface area contributed by atoms with Crippen LogP contribution in [0.1, 0.15) is 30.9 Å². The first-order chi connectivity index (χ1) is 16.7. The molecule has 0 saturated heterocycles. The van der Waals surface area contributed by atoms with Crippen molar-refractivity contribution in [3.05, 3.63) is 53.6 Å². The highest BCUT2D eigenvalue weighted by atomic mass is 19.4. The van der Waals surface area contributed by atoms with Gasteiger partial charge in [0.1, 0.15) is 0 Å². The molecule has 3 amide bonds. The van der Waals surface area contributed by atoms with Gasteiger partial charge in [0, 0.05) is 6.04 Å². The fourth-order valence-electron chi connectivity index (χ4n) is 2.86. The molecule has 3 rings (SSSR count). The predicted octanol–water partition coefficient (Wildman–Crippen LogP) is 2.85. The van der Waals surface area contributed by atoms with Crippen molar-refractivity contribution in [1.29, 1.82) is 0 Å². The van der Waals surface area contributed by atoms with Crippen molar-refractivity contribution in [1.82, 2.24) is 10.7 Å². The third-order valence-electron chi connectivity index (χ3n) is 4.63. The van der Waals surface area contributed by atoms with Crippen LogP contribution < -0.4 is 25.5 Å². The maximum Gasteiger partial charge on any atom is 0.418 e. The van der Waals surface area contributed by atoms with Crippen LogP contribution in [0.25, 0.3) is 0 Å². The molecule has 0 spiro atoms. The van der Waals surface area contributed by atoms with Crippen molar-refractivity contribution in [2.24, 2.45) is 5.10 Å². The topological polar surface area (TPSA) is 118 Å². The second kappa shape index (κ2) is 11.4. The molecule has 9 nitrogen and oxygen atoms in total. The third-order valence-corrected chi connectivity index (χ3v) is 4.63. The van der Waals surface area contributed by atoms with E-state index in [0.29, 0.717) is 5.56 Å². The molecule has 0 radical (unpaired) electrons. The molecule has 0 bridgehead atoms.